The number of nitrogens with zero attached hydrogens (tertiary/aromatic N) is 5. The molecule has 0 radical (unpaired) electrons. The number of fused-ring (bicyclic) bond motifs is 5. The summed E-state index contributed by atoms with van der Waals surface area (Å²) in [7, 11) is 0. The molecule has 5 rings (SSSR count). The average Bonchev–Trinajstić information content (AvgIpc) is 3.24. The molecule has 0 fully saturated rings. The average molecular weight is 351 g/mol. The van der Waals surface area contributed by atoms with Crippen LogP contribution in [0.4, 0.5) is 0 Å². The molecule has 1 unspecified atom stereocenters. The highest BCUT2D eigenvalue weighted by Crippen LogP contribution is 2.39. The summed E-state index contributed by atoms with van der Waals surface area (Å²) in [6, 6.07) is 10.0. The van der Waals surface area contributed by atoms with Gasteiger partial charge in [-0.05, 0) is 21.9 Å². The zero-order valence-corrected chi connectivity index (χ0v) is 14.8. The number of aromatic nitrogens is 5. The van der Waals surface area contributed by atoms with Gasteiger partial charge in [-0.3, -0.25) is 0 Å². The highest BCUT2D eigenvalue weighted by molar-refractivity contribution is 7.19. The van der Waals surface area contributed by atoms with Gasteiger partial charge in [0.05, 0.1) is 18.1 Å². The van der Waals surface area contributed by atoms with Crippen LogP contribution in [0.1, 0.15) is 24.3 Å². The molecule has 0 bridgehead atoms. The van der Waals surface area contributed by atoms with Crippen molar-refractivity contribution in [3.8, 4) is 11.4 Å². The Balaban J connectivity index is 1.78. The summed E-state index contributed by atoms with van der Waals surface area (Å²) in [5, 5.41) is 13.5. The Hall–Kier alpha value is -2.38. The zero-order chi connectivity index (χ0) is 17.0. The van der Waals surface area contributed by atoms with Crippen LogP contribution < -0.4 is 0 Å². The molecule has 0 aliphatic carbocycles. The maximum atomic E-state index is 6.03. The fourth-order valence-corrected chi connectivity index (χ4v) is 4.53. The fourth-order valence-electron chi connectivity index (χ4n) is 3.41. The predicted molar refractivity (Wildman–Crippen MR) is 96.5 cm³/mol. The van der Waals surface area contributed by atoms with E-state index in [1.165, 1.54) is 10.4 Å². The Morgan fingerprint density at radius 1 is 1.24 bits per heavy atom. The number of tetrazole rings is 1. The fraction of sp³-hybridized carbons (Fsp3) is 0.333. The maximum Gasteiger partial charge on any atom is 0.192 e. The van der Waals surface area contributed by atoms with Crippen molar-refractivity contribution in [1.82, 2.24) is 25.0 Å². The lowest BCUT2D eigenvalue weighted by molar-refractivity contribution is 0.00203. The Morgan fingerprint density at radius 2 is 2.08 bits per heavy atom. The van der Waals surface area contributed by atoms with Gasteiger partial charge < -0.3 is 4.74 Å². The molecule has 1 aliphatic rings. The molecule has 1 atom stereocenters. The van der Waals surface area contributed by atoms with Gasteiger partial charge in [-0.25, -0.2) is 4.98 Å². The third kappa shape index (κ3) is 2.26. The van der Waals surface area contributed by atoms with Crippen LogP contribution in [-0.4, -0.2) is 31.1 Å². The van der Waals surface area contributed by atoms with E-state index >= 15 is 0 Å². The van der Waals surface area contributed by atoms with E-state index in [1.54, 1.807) is 15.9 Å². The van der Waals surface area contributed by atoms with Crippen molar-refractivity contribution in [1.29, 1.82) is 0 Å². The topological polar surface area (TPSA) is 65.2 Å². The number of thiophene rings is 1. The van der Waals surface area contributed by atoms with Gasteiger partial charge in [0.2, 0.25) is 0 Å². The van der Waals surface area contributed by atoms with Crippen molar-refractivity contribution in [2.75, 3.05) is 0 Å². The molecule has 3 aromatic heterocycles. The molecule has 0 saturated heterocycles. The summed E-state index contributed by atoms with van der Waals surface area (Å²) >= 11 is 1.70. The van der Waals surface area contributed by atoms with E-state index in [9.17, 15) is 0 Å². The highest BCUT2D eigenvalue weighted by Gasteiger charge is 2.28. The quantitative estimate of drug-likeness (QED) is 0.553. The Kier molecular flexibility index (Phi) is 3.33. The van der Waals surface area contributed by atoms with E-state index in [0.29, 0.717) is 12.5 Å². The van der Waals surface area contributed by atoms with Gasteiger partial charge in [-0.15, -0.1) is 16.4 Å². The lowest BCUT2D eigenvalue weighted by Crippen LogP contribution is -2.26. The van der Waals surface area contributed by atoms with Gasteiger partial charge in [0, 0.05) is 16.9 Å². The summed E-state index contributed by atoms with van der Waals surface area (Å²) in [6.07, 6.45) is 1.12. The van der Waals surface area contributed by atoms with Gasteiger partial charge in [0.1, 0.15) is 4.83 Å². The molecule has 1 aromatic carbocycles. The molecule has 1 aliphatic heterocycles. The SMILES string of the molecule is CC(C)C1Cc2c(sc3nc(-c4ccccc4)n4nnnc4c23)CO1. The van der Waals surface area contributed by atoms with Crippen molar-refractivity contribution in [2.45, 2.75) is 33.0 Å². The van der Waals surface area contributed by atoms with Crippen molar-refractivity contribution in [2.24, 2.45) is 5.92 Å². The maximum absolute atomic E-state index is 6.03. The predicted octanol–water partition coefficient (Wildman–Crippen LogP) is 3.50. The lowest BCUT2D eigenvalue weighted by Gasteiger charge is -2.26. The van der Waals surface area contributed by atoms with Crippen LogP contribution in [-0.2, 0) is 17.8 Å². The molecule has 0 N–H and O–H groups in total. The largest absolute Gasteiger partial charge is 0.372 e. The van der Waals surface area contributed by atoms with Gasteiger partial charge in [-0.1, -0.05) is 44.2 Å². The Bertz CT molecular complexity index is 1070. The molecule has 4 heterocycles. The first-order valence-electron chi connectivity index (χ1n) is 8.41. The number of hydrogen-bond donors (Lipinski definition) is 0. The van der Waals surface area contributed by atoms with E-state index in [4.69, 9.17) is 9.72 Å². The second kappa shape index (κ2) is 5.57. The van der Waals surface area contributed by atoms with E-state index < -0.39 is 0 Å². The smallest absolute Gasteiger partial charge is 0.192 e. The van der Waals surface area contributed by atoms with Crippen molar-refractivity contribution in [3.63, 3.8) is 0 Å². The Labute approximate surface area is 148 Å². The summed E-state index contributed by atoms with van der Waals surface area (Å²) in [4.78, 5) is 7.13. The van der Waals surface area contributed by atoms with Gasteiger partial charge in [0.15, 0.2) is 11.5 Å². The monoisotopic (exact) mass is 351 g/mol. The van der Waals surface area contributed by atoms with Crippen LogP contribution in [0.5, 0.6) is 0 Å². The summed E-state index contributed by atoms with van der Waals surface area (Å²) in [5.41, 5.74) is 3.09. The zero-order valence-electron chi connectivity index (χ0n) is 14.0. The summed E-state index contributed by atoms with van der Waals surface area (Å²) in [6.45, 7) is 5.04. The third-order valence-corrected chi connectivity index (χ3v) is 5.88. The lowest BCUT2D eigenvalue weighted by atomic mass is 9.96. The van der Waals surface area contributed by atoms with Crippen LogP contribution in [0.25, 0.3) is 27.3 Å². The molecule has 6 nitrogen and oxygen atoms in total. The number of rotatable bonds is 2. The summed E-state index contributed by atoms with van der Waals surface area (Å²) in [5.74, 6) is 1.25. The van der Waals surface area contributed by atoms with Crippen molar-refractivity contribution < 1.29 is 4.74 Å². The van der Waals surface area contributed by atoms with Gasteiger partial charge in [0.25, 0.3) is 0 Å². The molecule has 4 aromatic rings. The second-order valence-electron chi connectivity index (χ2n) is 6.70. The first-order valence-corrected chi connectivity index (χ1v) is 9.23. The first-order chi connectivity index (χ1) is 12.2. The van der Waals surface area contributed by atoms with Crippen LogP contribution >= 0.6 is 11.3 Å². The van der Waals surface area contributed by atoms with Crippen LogP contribution in [0.3, 0.4) is 0 Å². The van der Waals surface area contributed by atoms with E-state index in [2.05, 4.69) is 29.4 Å². The van der Waals surface area contributed by atoms with Gasteiger partial charge in [-0.2, -0.15) is 4.52 Å². The first kappa shape index (κ1) is 14.9. The van der Waals surface area contributed by atoms with Crippen LogP contribution in [0.15, 0.2) is 30.3 Å². The van der Waals surface area contributed by atoms with E-state index in [1.807, 2.05) is 30.3 Å². The van der Waals surface area contributed by atoms with Crippen LogP contribution in [0.2, 0.25) is 0 Å². The van der Waals surface area contributed by atoms with E-state index in [0.717, 1.165) is 33.7 Å². The normalized spacial score (nSPS) is 17.5. The highest BCUT2D eigenvalue weighted by atomic mass is 32.1. The molecule has 0 amide bonds. The van der Waals surface area contributed by atoms with Crippen LogP contribution in [0, 0.1) is 5.92 Å². The standard InChI is InChI=1S/C18H17N5OS/c1-10(2)13-8-12-14(9-24-13)25-18-15(12)17-20-21-22-23(17)16(19-18)11-6-4-3-5-7-11/h3-7,10,13H,8-9H2,1-2H3. The van der Waals surface area contributed by atoms with E-state index in [-0.39, 0.29) is 6.10 Å². The van der Waals surface area contributed by atoms with Crippen molar-refractivity contribution in [3.05, 3.63) is 40.8 Å². The second-order valence-corrected chi connectivity index (χ2v) is 7.78. The number of hydrogen-bond acceptors (Lipinski definition) is 6. The molecular weight excluding hydrogens is 334 g/mol. The molecule has 0 spiro atoms. The third-order valence-electron chi connectivity index (χ3n) is 4.78. The Morgan fingerprint density at radius 3 is 2.88 bits per heavy atom. The minimum atomic E-state index is 0.232. The summed E-state index contributed by atoms with van der Waals surface area (Å²) < 4.78 is 7.78. The number of benzene rings is 1. The molecule has 7 heteroatoms. The molecule has 25 heavy (non-hydrogen) atoms. The molecule has 126 valence electrons. The molecular formula is C18H17N5OS. The minimum Gasteiger partial charge on any atom is -0.372 e. The van der Waals surface area contributed by atoms with Gasteiger partial charge >= 0.3 is 0 Å². The number of ether oxygens (including phenoxy) is 1. The molecule has 0 saturated carbocycles. The van der Waals surface area contributed by atoms with Crippen molar-refractivity contribution >= 4 is 27.2 Å². The minimum absolute atomic E-state index is 0.232.